The molecule has 3 nitrogen and oxygen atoms in total. The lowest BCUT2D eigenvalue weighted by Gasteiger charge is -2.10. The molecule has 114 valence electrons. The Balaban J connectivity index is 4.60. The minimum atomic E-state index is -0.683. The number of hydrogen-bond acceptors (Lipinski definition) is 2. The van der Waals surface area contributed by atoms with Gasteiger partial charge in [0.1, 0.15) is 13.3 Å². The van der Waals surface area contributed by atoms with Gasteiger partial charge in [0, 0.05) is 6.04 Å². The van der Waals surface area contributed by atoms with Gasteiger partial charge in [-0.2, -0.15) is 0 Å². The predicted molar refractivity (Wildman–Crippen MR) is 87.6 cm³/mol. The highest BCUT2D eigenvalue weighted by molar-refractivity contribution is 6.32. The molecule has 0 aromatic rings. The maximum absolute atomic E-state index is 12.4. The molecule has 0 aliphatic rings. The van der Waals surface area contributed by atoms with Gasteiger partial charge in [0.15, 0.2) is 0 Å². The van der Waals surface area contributed by atoms with Gasteiger partial charge in [-0.15, -0.1) is 0 Å². The molecule has 0 amide bonds. The second kappa shape index (κ2) is 11.6. The van der Waals surface area contributed by atoms with E-state index in [0.29, 0.717) is 18.4 Å². The molecule has 0 aromatic carbocycles. The standard InChI is InChI=1S/C15H25ClFN3/c1-5-12(4)15(8-13(16)9-17)20-11-18-10-19-14(6-2)7-3/h5,8,10,14H,6-7,9,11H2,1-4H3,(H,18,19)/b12-5?,13-8+,20-15?. The van der Waals surface area contributed by atoms with Gasteiger partial charge in [-0.25, -0.2) is 4.39 Å². The summed E-state index contributed by atoms with van der Waals surface area (Å²) in [5, 5.41) is 3.35. The van der Waals surface area contributed by atoms with Crippen LogP contribution in [0.25, 0.3) is 0 Å². The third kappa shape index (κ3) is 8.10. The largest absolute Gasteiger partial charge is 0.374 e. The van der Waals surface area contributed by atoms with Crippen LogP contribution in [0.1, 0.15) is 40.5 Å². The van der Waals surface area contributed by atoms with Crippen LogP contribution in [0.15, 0.2) is 32.7 Å². The van der Waals surface area contributed by atoms with E-state index in [-0.39, 0.29) is 5.03 Å². The second-order valence-corrected chi connectivity index (χ2v) is 4.86. The average Bonchev–Trinajstić information content (AvgIpc) is 2.48. The van der Waals surface area contributed by atoms with Crippen LogP contribution in [0.5, 0.6) is 0 Å². The lowest BCUT2D eigenvalue weighted by atomic mass is 10.1. The molecule has 0 rings (SSSR count). The van der Waals surface area contributed by atoms with E-state index in [4.69, 9.17) is 11.6 Å². The maximum Gasteiger partial charge on any atom is 0.131 e. The quantitative estimate of drug-likeness (QED) is 0.501. The molecule has 0 atom stereocenters. The number of rotatable bonds is 9. The van der Waals surface area contributed by atoms with Crippen molar-refractivity contribution in [1.82, 2.24) is 5.32 Å². The Labute approximate surface area is 126 Å². The highest BCUT2D eigenvalue weighted by Gasteiger charge is 2.00. The summed E-state index contributed by atoms with van der Waals surface area (Å²) < 4.78 is 12.4. The van der Waals surface area contributed by atoms with Crippen molar-refractivity contribution in [3.8, 4) is 0 Å². The fourth-order valence-electron chi connectivity index (χ4n) is 1.46. The van der Waals surface area contributed by atoms with E-state index in [1.165, 1.54) is 0 Å². The summed E-state index contributed by atoms with van der Waals surface area (Å²) in [6, 6.07) is 0.445. The first-order valence-corrected chi connectivity index (χ1v) is 7.30. The normalized spacial score (nSPS) is 14.4. The van der Waals surface area contributed by atoms with E-state index < -0.39 is 6.67 Å². The molecule has 1 N–H and O–H groups in total. The first-order chi connectivity index (χ1) is 9.58. The number of hydrogen-bond donors (Lipinski definition) is 1. The average molecular weight is 302 g/mol. The first kappa shape index (κ1) is 18.8. The SMILES string of the molecule is CC=C(C)C(/C=C(/Cl)CF)=NCN=CNC(CC)CC. The first-order valence-electron chi connectivity index (χ1n) is 6.93. The monoisotopic (exact) mass is 301 g/mol. The van der Waals surface area contributed by atoms with Gasteiger partial charge in [0.05, 0.1) is 17.1 Å². The number of nitrogens with zero attached hydrogens (tertiary/aromatic N) is 2. The molecule has 0 aromatic heterocycles. The number of allylic oxidation sites excluding steroid dienone is 4. The van der Waals surface area contributed by atoms with Crippen LogP contribution < -0.4 is 5.32 Å². The highest BCUT2D eigenvalue weighted by Crippen LogP contribution is 2.07. The molecule has 0 heterocycles. The van der Waals surface area contributed by atoms with Gasteiger partial charge in [-0.1, -0.05) is 31.5 Å². The van der Waals surface area contributed by atoms with Crippen LogP contribution in [0.3, 0.4) is 0 Å². The molecule has 20 heavy (non-hydrogen) atoms. The zero-order valence-electron chi connectivity index (χ0n) is 12.8. The number of alkyl halides is 1. The van der Waals surface area contributed by atoms with Crippen LogP contribution in [0, 0.1) is 0 Å². The Kier molecular flexibility index (Phi) is 11.0. The number of nitrogens with one attached hydrogen (secondary N) is 1. The van der Waals surface area contributed by atoms with Crippen molar-refractivity contribution in [2.24, 2.45) is 9.98 Å². The highest BCUT2D eigenvalue weighted by atomic mass is 35.5. The summed E-state index contributed by atoms with van der Waals surface area (Å²) in [4.78, 5) is 8.49. The molecule has 0 unspecified atom stereocenters. The topological polar surface area (TPSA) is 36.8 Å². The van der Waals surface area contributed by atoms with Gasteiger partial charge < -0.3 is 5.32 Å². The van der Waals surface area contributed by atoms with E-state index >= 15 is 0 Å². The zero-order valence-corrected chi connectivity index (χ0v) is 13.5. The fourth-order valence-corrected chi connectivity index (χ4v) is 1.56. The van der Waals surface area contributed by atoms with Crippen LogP contribution >= 0.6 is 11.6 Å². The fraction of sp³-hybridized carbons (Fsp3) is 0.600. The van der Waals surface area contributed by atoms with Crippen molar-refractivity contribution >= 4 is 23.7 Å². The van der Waals surface area contributed by atoms with Crippen molar-refractivity contribution < 1.29 is 4.39 Å². The molecule has 0 saturated carbocycles. The maximum atomic E-state index is 12.4. The van der Waals surface area contributed by atoms with Crippen molar-refractivity contribution in [1.29, 1.82) is 0 Å². The Morgan fingerprint density at radius 2 is 2.00 bits per heavy atom. The third-order valence-electron chi connectivity index (χ3n) is 2.97. The van der Waals surface area contributed by atoms with E-state index in [2.05, 4.69) is 29.1 Å². The molecule has 0 fully saturated rings. The predicted octanol–water partition coefficient (Wildman–Crippen LogP) is 4.25. The van der Waals surface area contributed by atoms with Crippen molar-refractivity contribution in [2.75, 3.05) is 13.3 Å². The minimum absolute atomic E-state index is 0.143. The Morgan fingerprint density at radius 1 is 1.35 bits per heavy atom. The summed E-state index contributed by atoms with van der Waals surface area (Å²) in [5.74, 6) is 0. The second-order valence-electron chi connectivity index (χ2n) is 4.37. The van der Waals surface area contributed by atoms with Gasteiger partial charge >= 0.3 is 0 Å². The van der Waals surface area contributed by atoms with E-state index in [0.717, 1.165) is 18.4 Å². The van der Waals surface area contributed by atoms with E-state index in [1.54, 1.807) is 12.4 Å². The smallest absolute Gasteiger partial charge is 0.131 e. The molecule has 0 spiro atoms. The molecule has 0 radical (unpaired) electrons. The van der Waals surface area contributed by atoms with E-state index in [1.807, 2.05) is 19.9 Å². The molecular weight excluding hydrogens is 277 g/mol. The van der Waals surface area contributed by atoms with Gasteiger partial charge in [-0.05, 0) is 38.3 Å². The minimum Gasteiger partial charge on any atom is -0.374 e. The van der Waals surface area contributed by atoms with Crippen molar-refractivity contribution in [2.45, 2.75) is 46.6 Å². The summed E-state index contributed by atoms with van der Waals surface area (Å²) in [5.41, 5.74) is 1.61. The molecule has 0 saturated heterocycles. The van der Waals surface area contributed by atoms with Crippen molar-refractivity contribution in [3.05, 3.63) is 22.8 Å². The summed E-state index contributed by atoms with van der Waals surface area (Å²) >= 11 is 5.71. The summed E-state index contributed by atoms with van der Waals surface area (Å²) in [6.45, 7) is 7.68. The molecule has 5 heteroatoms. The molecule has 0 aliphatic heterocycles. The van der Waals surface area contributed by atoms with Crippen molar-refractivity contribution in [3.63, 3.8) is 0 Å². The number of aliphatic imine (C=N–C) groups is 2. The van der Waals surface area contributed by atoms with Crippen LogP contribution in [0.4, 0.5) is 4.39 Å². The van der Waals surface area contributed by atoms with Gasteiger partial charge in [-0.3, -0.25) is 9.98 Å². The van der Waals surface area contributed by atoms with E-state index in [9.17, 15) is 4.39 Å². The summed E-state index contributed by atoms with van der Waals surface area (Å²) in [7, 11) is 0. The van der Waals surface area contributed by atoms with Gasteiger partial charge in [0.25, 0.3) is 0 Å². The lowest BCUT2D eigenvalue weighted by molar-refractivity contribution is 0.556. The van der Waals surface area contributed by atoms with Crippen LogP contribution in [-0.2, 0) is 0 Å². The number of halogens is 2. The van der Waals surface area contributed by atoms with Gasteiger partial charge in [0.2, 0.25) is 0 Å². The Hall–Kier alpha value is -1.16. The Morgan fingerprint density at radius 3 is 2.50 bits per heavy atom. The van der Waals surface area contributed by atoms with Crippen LogP contribution in [-0.4, -0.2) is 31.4 Å². The summed E-state index contributed by atoms with van der Waals surface area (Å²) in [6.07, 6.45) is 7.25. The molecular formula is C15H25ClFN3. The third-order valence-corrected chi connectivity index (χ3v) is 3.18. The zero-order chi connectivity index (χ0) is 15.4. The van der Waals surface area contributed by atoms with Crippen LogP contribution in [0.2, 0.25) is 0 Å². The molecule has 0 aliphatic carbocycles. The molecule has 0 bridgehead atoms. The Bertz CT molecular complexity index is 383. The lowest BCUT2D eigenvalue weighted by Crippen LogP contribution is -2.26.